The maximum absolute atomic E-state index is 6.02. The van der Waals surface area contributed by atoms with E-state index in [9.17, 15) is 0 Å². The molecular weight excluding hydrogens is 257 g/mol. The molecule has 1 aromatic rings. The molecule has 0 aliphatic heterocycles. The maximum Gasteiger partial charge on any atom is 0.0595 e. The van der Waals surface area contributed by atoms with Gasteiger partial charge in [-0.05, 0) is 37.1 Å². The van der Waals surface area contributed by atoms with Crippen LogP contribution in [0, 0.1) is 0 Å². The van der Waals surface area contributed by atoms with Gasteiger partial charge in [-0.2, -0.15) is 0 Å². The van der Waals surface area contributed by atoms with E-state index < -0.39 is 0 Å². The molecule has 2 nitrogen and oxygen atoms in total. The van der Waals surface area contributed by atoms with Crippen molar-refractivity contribution in [1.82, 2.24) is 5.32 Å². The SMILES string of the molecule is CCC(NCCCOC)c1ccc(Cl)c(Cl)c1. The van der Waals surface area contributed by atoms with Gasteiger partial charge in [-0.15, -0.1) is 0 Å². The molecule has 0 heterocycles. The average Bonchev–Trinajstić information content (AvgIpc) is 2.33. The van der Waals surface area contributed by atoms with Crippen molar-refractivity contribution in [3.8, 4) is 0 Å². The molecule has 1 rings (SSSR count). The summed E-state index contributed by atoms with van der Waals surface area (Å²) in [5.74, 6) is 0. The summed E-state index contributed by atoms with van der Waals surface area (Å²) in [4.78, 5) is 0. The van der Waals surface area contributed by atoms with Crippen molar-refractivity contribution >= 4 is 23.2 Å². The number of hydrogen-bond acceptors (Lipinski definition) is 2. The number of ether oxygens (including phenoxy) is 1. The molecule has 0 amide bonds. The second-order valence-electron chi connectivity index (χ2n) is 3.93. The lowest BCUT2D eigenvalue weighted by Crippen LogP contribution is -2.22. The Bertz CT molecular complexity index is 344. The molecular formula is C13H19Cl2NO. The predicted octanol–water partition coefficient (Wildman–Crippen LogP) is 4.07. The highest BCUT2D eigenvalue weighted by atomic mass is 35.5. The van der Waals surface area contributed by atoms with E-state index in [4.69, 9.17) is 27.9 Å². The second-order valence-corrected chi connectivity index (χ2v) is 4.75. The Labute approximate surface area is 113 Å². The van der Waals surface area contributed by atoms with Crippen LogP contribution in [0.2, 0.25) is 10.0 Å². The molecule has 0 bridgehead atoms. The van der Waals surface area contributed by atoms with Crippen LogP contribution in [0.15, 0.2) is 18.2 Å². The zero-order valence-corrected chi connectivity index (χ0v) is 11.8. The van der Waals surface area contributed by atoms with Crippen LogP contribution >= 0.6 is 23.2 Å². The third-order valence-electron chi connectivity index (χ3n) is 2.67. The summed E-state index contributed by atoms with van der Waals surface area (Å²) < 4.78 is 5.02. The topological polar surface area (TPSA) is 21.3 Å². The van der Waals surface area contributed by atoms with E-state index >= 15 is 0 Å². The molecule has 0 saturated carbocycles. The Hall–Kier alpha value is -0.280. The van der Waals surface area contributed by atoms with Crippen molar-refractivity contribution in [3.63, 3.8) is 0 Å². The van der Waals surface area contributed by atoms with E-state index in [0.717, 1.165) is 26.0 Å². The lowest BCUT2D eigenvalue weighted by molar-refractivity contribution is 0.193. The quantitative estimate of drug-likeness (QED) is 0.758. The highest BCUT2D eigenvalue weighted by molar-refractivity contribution is 6.42. The minimum absolute atomic E-state index is 0.321. The lowest BCUT2D eigenvalue weighted by atomic mass is 10.0. The molecule has 17 heavy (non-hydrogen) atoms. The Morgan fingerprint density at radius 2 is 2.06 bits per heavy atom. The first kappa shape index (κ1) is 14.8. The van der Waals surface area contributed by atoms with Gasteiger partial charge in [0, 0.05) is 19.8 Å². The Balaban J connectivity index is 2.56. The van der Waals surface area contributed by atoms with Crippen LogP contribution in [0.5, 0.6) is 0 Å². The predicted molar refractivity (Wildman–Crippen MR) is 74.0 cm³/mol. The van der Waals surface area contributed by atoms with E-state index in [1.54, 1.807) is 7.11 Å². The highest BCUT2D eigenvalue weighted by Gasteiger charge is 2.09. The fourth-order valence-electron chi connectivity index (χ4n) is 1.72. The maximum atomic E-state index is 6.02. The molecule has 0 saturated heterocycles. The number of benzene rings is 1. The largest absolute Gasteiger partial charge is 0.385 e. The van der Waals surface area contributed by atoms with Gasteiger partial charge in [0.2, 0.25) is 0 Å². The fraction of sp³-hybridized carbons (Fsp3) is 0.538. The summed E-state index contributed by atoms with van der Waals surface area (Å²) >= 11 is 11.9. The molecule has 1 unspecified atom stereocenters. The summed E-state index contributed by atoms with van der Waals surface area (Å²) in [7, 11) is 1.72. The molecule has 1 N–H and O–H groups in total. The number of halogens is 2. The first-order chi connectivity index (χ1) is 8.19. The summed E-state index contributed by atoms with van der Waals surface area (Å²) in [6, 6.07) is 6.12. The van der Waals surface area contributed by atoms with Crippen LogP contribution in [0.3, 0.4) is 0 Å². The van der Waals surface area contributed by atoms with E-state index in [2.05, 4.69) is 12.2 Å². The number of nitrogens with one attached hydrogen (secondary N) is 1. The third-order valence-corrected chi connectivity index (χ3v) is 3.41. The minimum atomic E-state index is 0.321. The van der Waals surface area contributed by atoms with Gasteiger partial charge in [0.05, 0.1) is 10.0 Å². The standard InChI is InChI=1S/C13H19Cl2NO/c1-3-13(16-7-4-8-17-2)10-5-6-11(14)12(15)9-10/h5-6,9,13,16H,3-4,7-8H2,1-2H3. The van der Waals surface area contributed by atoms with Crippen LogP contribution in [0.25, 0.3) is 0 Å². The van der Waals surface area contributed by atoms with Crippen molar-refractivity contribution in [2.75, 3.05) is 20.3 Å². The Morgan fingerprint density at radius 1 is 1.29 bits per heavy atom. The molecule has 0 spiro atoms. The smallest absolute Gasteiger partial charge is 0.0595 e. The van der Waals surface area contributed by atoms with Crippen LogP contribution in [-0.2, 0) is 4.74 Å². The molecule has 4 heteroatoms. The van der Waals surface area contributed by atoms with Crippen molar-refractivity contribution in [1.29, 1.82) is 0 Å². The summed E-state index contributed by atoms with van der Waals surface area (Å²) in [6.45, 7) is 3.87. The van der Waals surface area contributed by atoms with Gasteiger partial charge in [-0.1, -0.05) is 36.2 Å². The second kappa shape index (κ2) is 7.93. The van der Waals surface area contributed by atoms with Gasteiger partial charge in [0.15, 0.2) is 0 Å². The van der Waals surface area contributed by atoms with E-state index in [1.165, 1.54) is 5.56 Å². The Kier molecular flexibility index (Phi) is 6.90. The van der Waals surface area contributed by atoms with Crippen LogP contribution in [0.4, 0.5) is 0 Å². The van der Waals surface area contributed by atoms with Crippen molar-refractivity contribution < 1.29 is 4.74 Å². The highest BCUT2D eigenvalue weighted by Crippen LogP contribution is 2.26. The number of methoxy groups -OCH3 is 1. The van der Waals surface area contributed by atoms with E-state index in [1.807, 2.05) is 18.2 Å². The zero-order chi connectivity index (χ0) is 12.7. The van der Waals surface area contributed by atoms with Crippen molar-refractivity contribution in [3.05, 3.63) is 33.8 Å². The van der Waals surface area contributed by atoms with Crippen LogP contribution < -0.4 is 5.32 Å². The van der Waals surface area contributed by atoms with E-state index in [0.29, 0.717) is 16.1 Å². The average molecular weight is 276 g/mol. The lowest BCUT2D eigenvalue weighted by Gasteiger charge is -2.18. The molecule has 1 atom stereocenters. The first-order valence-corrected chi connectivity index (χ1v) is 6.62. The number of rotatable bonds is 7. The van der Waals surface area contributed by atoms with Gasteiger partial charge >= 0.3 is 0 Å². The molecule has 0 fully saturated rings. The van der Waals surface area contributed by atoms with Crippen LogP contribution in [0.1, 0.15) is 31.4 Å². The van der Waals surface area contributed by atoms with Crippen molar-refractivity contribution in [2.24, 2.45) is 0 Å². The molecule has 1 aromatic carbocycles. The summed E-state index contributed by atoms with van der Waals surface area (Å²) in [6.07, 6.45) is 2.03. The zero-order valence-electron chi connectivity index (χ0n) is 10.3. The minimum Gasteiger partial charge on any atom is -0.385 e. The molecule has 0 radical (unpaired) electrons. The van der Waals surface area contributed by atoms with Crippen molar-refractivity contribution in [2.45, 2.75) is 25.8 Å². The third kappa shape index (κ3) is 4.84. The first-order valence-electron chi connectivity index (χ1n) is 5.86. The normalized spacial score (nSPS) is 12.7. The van der Waals surface area contributed by atoms with Gasteiger partial charge in [-0.25, -0.2) is 0 Å². The van der Waals surface area contributed by atoms with Crippen LogP contribution in [-0.4, -0.2) is 20.3 Å². The van der Waals surface area contributed by atoms with Gasteiger partial charge in [0.1, 0.15) is 0 Å². The fourth-order valence-corrected chi connectivity index (χ4v) is 2.03. The molecule has 0 aliphatic carbocycles. The number of hydrogen-bond donors (Lipinski definition) is 1. The van der Waals surface area contributed by atoms with Gasteiger partial charge < -0.3 is 10.1 Å². The molecule has 0 aromatic heterocycles. The van der Waals surface area contributed by atoms with E-state index in [-0.39, 0.29) is 0 Å². The van der Waals surface area contributed by atoms with Gasteiger partial charge in [-0.3, -0.25) is 0 Å². The van der Waals surface area contributed by atoms with Gasteiger partial charge in [0.25, 0.3) is 0 Å². The summed E-state index contributed by atoms with van der Waals surface area (Å²) in [5.41, 5.74) is 1.18. The molecule has 0 aliphatic rings. The Morgan fingerprint density at radius 3 is 2.65 bits per heavy atom. The summed E-state index contributed by atoms with van der Waals surface area (Å²) in [5, 5.41) is 4.70. The monoisotopic (exact) mass is 275 g/mol. The molecule has 96 valence electrons.